The van der Waals surface area contributed by atoms with Crippen LogP contribution in [0.2, 0.25) is 10.0 Å². The summed E-state index contributed by atoms with van der Waals surface area (Å²) in [6.45, 7) is 3.56. The smallest absolute Gasteiger partial charge is 0.161 e. The van der Waals surface area contributed by atoms with E-state index in [1.54, 1.807) is 11.8 Å². The maximum absolute atomic E-state index is 6.32. The van der Waals surface area contributed by atoms with Gasteiger partial charge in [-0.05, 0) is 31.4 Å². The first-order chi connectivity index (χ1) is 9.60. The van der Waals surface area contributed by atoms with Gasteiger partial charge in [0.2, 0.25) is 0 Å². The predicted octanol–water partition coefficient (Wildman–Crippen LogP) is 4.37. The van der Waals surface area contributed by atoms with Gasteiger partial charge in [0.1, 0.15) is 0 Å². The zero-order chi connectivity index (χ0) is 14.2. The van der Waals surface area contributed by atoms with Crippen molar-refractivity contribution in [2.75, 3.05) is 24.3 Å². The van der Waals surface area contributed by atoms with Gasteiger partial charge < -0.3 is 10.1 Å². The number of aryl methyl sites for hydroxylation is 1. The van der Waals surface area contributed by atoms with E-state index in [1.807, 2.05) is 19.1 Å². The minimum atomic E-state index is 0.0357. The van der Waals surface area contributed by atoms with E-state index < -0.39 is 0 Å². The zero-order valence-electron chi connectivity index (χ0n) is 11.2. The number of halogens is 2. The fourth-order valence-electron chi connectivity index (χ4n) is 2.43. The van der Waals surface area contributed by atoms with E-state index in [2.05, 4.69) is 5.32 Å². The largest absolute Gasteiger partial charge is 0.381 e. The Labute approximate surface area is 133 Å². The van der Waals surface area contributed by atoms with Gasteiger partial charge in [-0.1, -0.05) is 41.0 Å². The summed E-state index contributed by atoms with van der Waals surface area (Å²) in [5, 5.41) is 5.48. The minimum Gasteiger partial charge on any atom is -0.381 e. The van der Waals surface area contributed by atoms with E-state index in [-0.39, 0.29) is 5.54 Å². The number of aliphatic imine (C=N–C) groups is 1. The summed E-state index contributed by atoms with van der Waals surface area (Å²) >= 11 is 14.3. The summed E-state index contributed by atoms with van der Waals surface area (Å²) in [4.78, 5) is 4.86. The predicted molar refractivity (Wildman–Crippen MR) is 87.5 cm³/mol. The standard InChI is InChI=1S/C14H16Cl2N2OS/c1-9-2-3-10(15)12(11(9)16)17-13-18-14(8-20-13)4-6-19-7-5-14/h2-3H,4-8H2,1H3,(H,17,18). The number of nitrogens with one attached hydrogen (secondary N) is 1. The van der Waals surface area contributed by atoms with Crippen molar-refractivity contribution in [2.45, 2.75) is 25.3 Å². The first-order valence-electron chi connectivity index (χ1n) is 6.62. The quantitative estimate of drug-likeness (QED) is 0.830. The highest BCUT2D eigenvalue weighted by atomic mass is 35.5. The lowest BCUT2D eigenvalue weighted by Crippen LogP contribution is -2.34. The third-order valence-corrected chi connectivity index (χ3v) is 5.71. The molecule has 1 saturated heterocycles. The number of amidine groups is 1. The molecule has 1 fully saturated rings. The summed E-state index contributed by atoms with van der Waals surface area (Å²) < 4.78 is 5.42. The molecule has 108 valence electrons. The number of thioether (sulfide) groups is 1. The highest BCUT2D eigenvalue weighted by Gasteiger charge is 2.37. The van der Waals surface area contributed by atoms with Crippen molar-refractivity contribution in [1.29, 1.82) is 0 Å². The minimum absolute atomic E-state index is 0.0357. The summed E-state index contributed by atoms with van der Waals surface area (Å²) in [7, 11) is 0. The Bertz CT molecular complexity index is 556. The molecule has 1 N–H and O–H groups in total. The summed E-state index contributed by atoms with van der Waals surface area (Å²) in [6, 6.07) is 3.77. The van der Waals surface area contributed by atoms with Gasteiger partial charge in [-0.25, -0.2) is 0 Å². The van der Waals surface area contributed by atoms with Crippen LogP contribution in [0.4, 0.5) is 5.69 Å². The van der Waals surface area contributed by atoms with Gasteiger partial charge in [0.25, 0.3) is 0 Å². The highest BCUT2D eigenvalue weighted by molar-refractivity contribution is 8.14. The van der Waals surface area contributed by atoms with Crippen LogP contribution in [-0.4, -0.2) is 29.7 Å². The molecule has 2 aliphatic heterocycles. The van der Waals surface area contributed by atoms with Crippen molar-refractivity contribution in [3.63, 3.8) is 0 Å². The molecule has 1 spiro atoms. The Morgan fingerprint density at radius 2 is 2.05 bits per heavy atom. The highest BCUT2D eigenvalue weighted by Crippen LogP contribution is 2.39. The van der Waals surface area contributed by atoms with Crippen LogP contribution in [0.15, 0.2) is 17.1 Å². The van der Waals surface area contributed by atoms with Crippen LogP contribution in [0.3, 0.4) is 0 Å². The number of ether oxygens (including phenoxy) is 1. The summed E-state index contributed by atoms with van der Waals surface area (Å²) in [5.74, 6) is 1.000. The lowest BCUT2D eigenvalue weighted by atomic mass is 9.93. The normalized spacial score (nSPS) is 21.1. The number of nitrogens with zero attached hydrogens (tertiary/aromatic N) is 1. The molecule has 0 atom stereocenters. The third-order valence-electron chi connectivity index (χ3n) is 3.76. The van der Waals surface area contributed by atoms with Gasteiger partial charge in [-0.15, -0.1) is 0 Å². The molecule has 20 heavy (non-hydrogen) atoms. The maximum atomic E-state index is 6.32. The van der Waals surface area contributed by atoms with Crippen LogP contribution in [0.5, 0.6) is 0 Å². The molecule has 2 aliphatic rings. The average molecular weight is 331 g/mol. The lowest BCUT2D eigenvalue weighted by Gasteiger charge is -2.29. The molecule has 1 aromatic rings. The Balaban J connectivity index is 1.82. The van der Waals surface area contributed by atoms with E-state index in [9.17, 15) is 0 Å². The molecule has 2 heterocycles. The molecule has 3 nitrogen and oxygen atoms in total. The van der Waals surface area contributed by atoms with E-state index in [4.69, 9.17) is 32.9 Å². The number of hydrogen-bond donors (Lipinski definition) is 1. The topological polar surface area (TPSA) is 33.6 Å². The number of rotatable bonds is 1. The second kappa shape index (κ2) is 5.76. The molecule has 0 amide bonds. The van der Waals surface area contributed by atoms with Gasteiger partial charge in [-0.3, -0.25) is 4.99 Å². The van der Waals surface area contributed by atoms with Gasteiger partial charge in [0.15, 0.2) is 5.17 Å². The molecule has 0 aliphatic carbocycles. The first-order valence-corrected chi connectivity index (χ1v) is 8.36. The Hall–Kier alpha value is -0.420. The molecule has 0 aromatic heterocycles. The van der Waals surface area contributed by atoms with Crippen LogP contribution >= 0.6 is 35.0 Å². The first kappa shape index (κ1) is 14.5. The SMILES string of the molecule is Cc1ccc(Cl)c(NC2=NC3(CCOCC3)CS2)c1Cl. The molecular weight excluding hydrogens is 315 g/mol. The van der Waals surface area contributed by atoms with E-state index >= 15 is 0 Å². The average Bonchev–Trinajstić information content (AvgIpc) is 2.83. The number of anilines is 1. The fourth-order valence-corrected chi connectivity index (χ4v) is 4.09. The van der Waals surface area contributed by atoms with Crippen LogP contribution in [0, 0.1) is 6.92 Å². The summed E-state index contributed by atoms with van der Waals surface area (Å²) in [6.07, 6.45) is 1.97. The molecule has 0 bridgehead atoms. The molecular formula is C14H16Cl2N2OS. The van der Waals surface area contributed by atoms with Gasteiger partial charge in [0.05, 0.1) is 21.3 Å². The van der Waals surface area contributed by atoms with E-state index in [0.29, 0.717) is 10.0 Å². The van der Waals surface area contributed by atoms with Gasteiger partial charge in [0, 0.05) is 19.0 Å². The Kier molecular flexibility index (Phi) is 4.18. The third kappa shape index (κ3) is 2.80. The molecule has 6 heteroatoms. The molecule has 3 rings (SSSR count). The van der Waals surface area contributed by atoms with Crippen molar-refractivity contribution < 1.29 is 4.74 Å². The van der Waals surface area contributed by atoms with Gasteiger partial charge >= 0.3 is 0 Å². The van der Waals surface area contributed by atoms with Crippen LogP contribution in [-0.2, 0) is 4.74 Å². The molecule has 0 unspecified atom stereocenters. The van der Waals surface area contributed by atoms with Crippen LogP contribution < -0.4 is 5.32 Å². The summed E-state index contributed by atoms with van der Waals surface area (Å²) in [5.41, 5.74) is 1.79. The maximum Gasteiger partial charge on any atom is 0.161 e. The van der Waals surface area contributed by atoms with Crippen molar-refractivity contribution in [2.24, 2.45) is 4.99 Å². The second-order valence-electron chi connectivity index (χ2n) is 5.22. The van der Waals surface area contributed by atoms with Crippen molar-refractivity contribution in [3.8, 4) is 0 Å². The van der Waals surface area contributed by atoms with Crippen molar-refractivity contribution >= 4 is 45.8 Å². The van der Waals surface area contributed by atoms with Crippen LogP contribution in [0.1, 0.15) is 18.4 Å². The van der Waals surface area contributed by atoms with E-state index in [1.165, 1.54) is 0 Å². The zero-order valence-corrected chi connectivity index (χ0v) is 13.5. The van der Waals surface area contributed by atoms with Crippen molar-refractivity contribution in [1.82, 2.24) is 0 Å². The van der Waals surface area contributed by atoms with Crippen molar-refractivity contribution in [3.05, 3.63) is 27.7 Å². The number of benzene rings is 1. The van der Waals surface area contributed by atoms with E-state index in [0.717, 1.165) is 48.2 Å². The monoisotopic (exact) mass is 330 g/mol. The number of hydrogen-bond acceptors (Lipinski definition) is 4. The molecule has 0 saturated carbocycles. The molecule has 1 aromatic carbocycles. The lowest BCUT2D eigenvalue weighted by molar-refractivity contribution is 0.0624. The van der Waals surface area contributed by atoms with Crippen LogP contribution in [0.25, 0.3) is 0 Å². The Morgan fingerprint density at radius 1 is 1.30 bits per heavy atom. The Morgan fingerprint density at radius 3 is 2.80 bits per heavy atom. The van der Waals surface area contributed by atoms with Gasteiger partial charge in [-0.2, -0.15) is 0 Å². The molecule has 0 radical (unpaired) electrons. The fraction of sp³-hybridized carbons (Fsp3) is 0.500. The second-order valence-corrected chi connectivity index (χ2v) is 6.97.